The van der Waals surface area contributed by atoms with Gasteiger partial charge in [0.2, 0.25) is 0 Å². The maximum atomic E-state index is 12.3. The highest BCUT2D eigenvalue weighted by molar-refractivity contribution is 6.30. The summed E-state index contributed by atoms with van der Waals surface area (Å²) in [5.74, 6) is 1.85. The van der Waals surface area contributed by atoms with Gasteiger partial charge in [0.1, 0.15) is 12.2 Å². The van der Waals surface area contributed by atoms with Crippen LogP contribution in [0, 0.1) is 0 Å². The Morgan fingerprint density at radius 1 is 1.20 bits per heavy atom. The van der Waals surface area contributed by atoms with Crippen LogP contribution in [0.25, 0.3) is 0 Å². The van der Waals surface area contributed by atoms with Crippen molar-refractivity contribution in [2.45, 2.75) is 51.2 Å². The fourth-order valence-corrected chi connectivity index (χ4v) is 3.98. The van der Waals surface area contributed by atoms with E-state index in [4.69, 9.17) is 25.8 Å². The third kappa shape index (κ3) is 4.64. The van der Waals surface area contributed by atoms with Gasteiger partial charge in [0.25, 0.3) is 0 Å². The van der Waals surface area contributed by atoms with Crippen molar-refractivity contribution in [1.29, 1.82) is 0 Å². The highest BCUT2D eigenvalue weighted by Gasteiger charge is 2.32. The van der Waals surface area contributed by atoms with Gasteiger partial charge in [0, 0.05) is 24.8 Å². The van der Waals surface area contributed by atoms with Gasteiger partial charge in [-0.1, -0.05) is 23.7 Å². The number of nitrogens with zero attached hydrogens (tertiary/aromatic N) is 2. The standard InChI is InChI=1S/C23H27ClN2O4/c1-23(2,3)30-22(27)26-11-9-15(10-12-26)17-5-4-6-19-21(17)28-14-20(29-19)18-8-7-16(24)13-25-18/h4-8,13,15,20H,9-12,14H2,1-3H3/t20-/m0/s1. The second kappa shape index (κ2) is 8.34. The van der Waals surface area contributed by atoms with E-state index in [1.54, 1.807) is 17.2 Å². The Bertz CT molecular complexity index is 902. The molecule has 2 aliphatic heterocycles. The number of hydrogen-bond acceptors (Lipinski definition) is 5. The van der Waals surface area contributed by atoms with Gasteiger partial charge in [-0.25, -0.2) is 4.79 Å². The zero-order valence-corrected chi connectivity index (χ0v) is 18.3. The molecule has 0 aliphatic carbocycles. The first-order valence-corrected chi connectivity index (χ1v) is 10.7. The van der Waals surface area contributed by atoms with Crippen LogP contribution < -0.4 is 9.47 Å². The molecule has 2 aromatic rings. The van der Waals surface area contributed by atoms with E-state index in [9.17, 15) is 4.79 Å². The summed E-state index contributed by atoms with van der Waals surface area (Å²) in [7, 11) is 0. The zero-order valence-electron chi connectivity index (χ0n) is 17.6. The lowest BCUT2D eigenvalue weighted by atomic mass is 9.88. The van der Waals surface area contributed by atoms with Gasteiger partial charge in [-0.05, 0) is 57.7 Å². The molecule has 0 N–H and O–H groups in total. The van der Waals surface area contributed by atoms with Crippen molar-refractivity contribution in [2.24, 2.45) is 0 Å². The van der Waals surface area contributed by atoms with Crippen LogP contribution in [0.1, 0.15) is 56.9 Å². The topological polar surface area (TPSA) is 60.9 Å². The molecule has 6 nitrogen and oxygen atoms in total. The number of pyridine rings is 1. The molecule has 1 atom stereocenters. The summed E-state index contributed by atoms with van der Waals surface area (Å²) in [6.07, 6.45) is 2.83. The lowest BCUT2D eigenvalue weighted by Gasteiger charge is -2.35. The molecule has 0 radical (unpaired) electrons. The normalized spacial score (nSPS) is 19.5. The Hall–Kier alpha value is -2.47. The van der Waals surface area contributed by atoms with Gasteiger partial charge in [-0.3, -0.25) is 4.98 Å². The number of hydrogen-bond donors (Lipinski definition) is 0. The van der Waals surface area contributed by atoms with E-state index in [2.05, 4.69) is 11.1 Å². The highest BCUT2D eigenvalue weighted by atomic mass is 35.5. The Morgan fingerprint density at radius 2 is 1.97 bits per heavy atom. The van der Waals surface area contributed by atoms with Crippen LogP contribution in [0.5, 0.6) is 11.5 Å². The van der Waals surface area contributed by atoms with Crippen LogP contribution in [-0.2, 0) is 4.74 Å². The SMILES string of the molecule is CC(C)(C)OC(=O)N1CCC(c2cccc3c2OC[C@@H](c2ccc(Cl)cn2)O3)CC1. The predicted molar refractivity (Wildman–Crippen MR) is 114 cm³/mol. The average molecular weight is 431 g/mol. The zero-order chi connectivity index (χ0) is 21.3. The molecular weight excluding hydrogens is 404 g/mol. The van der Waals surface area contributed by atoms with Gasteiger partial charge in [0.05, 0.1) is 10.7 Å². The van der Waals surface area contributed by atoms with Crippen LogP contribution in [0.4, 0.5) is 4.79 Å². The Morgan fingerprint density at radius 3 is 2.63 bits per heavy atom. The third-order valence-electron chi connectivity index (χ3n) is 5.32. The second-order valence-electron chi connectivity index (χ2n) is 8.73. The van der Waals surface area contributed by atoms with Crippen LogP contribution in [0.15, 0.2) is 36.5 Å². The van der Waals surface area contributed by atoms with Gasteiger partial charge in [-0.15, -0.1) is 0 Å². The molecule has 7 heteroatoms. The monoisotopic (exact) mass is 430 g/mol. The molecular formula is C23H27ClN2O4. The van der Waals surface area contributed by atoms with E-state index in [-0.39, 0.29) is 12.2 Å². The first-order valence-electron chi connectivity index (χ1n) is 10.3. The molecule has 1 fully saturated rings. The predicted octanol–water partition coefficient (Wildman–Crippen LogP) is 5.36. The summed E-state index contributed by atoms with van der Waals surface area (Å²) in [6.45, 7) is 7.40. The number of rotatable bonds is 2. The first kappa shape index (κ1) is 20.8. The van der Waals surface area contributed by atoms with E-state index >= 15 is 0 Å². The molecule has 1 amide bonds. The maximum Gasteiger partial charge on any atom is 0.410 e. The van der Waals surface area contributed by atoms with Crippen molar-refractivity contribution in [3.8, 4) is 11.5 Å². The van der Waals surface area contributed by atoms with Crippen molar-refractivity contribution < 1.29 is 19.0 Å². The fraction of sp³-hybridized carbons (Fsp3) is 0.478. The Kier molecular flexibility index (Phi) is 5.78. The number of likely N-dealkylation sites (tertiary alicyclic amines) is 1. The van der Waals surface area contributed by atoms with E-state index in [1.807, 2.05) is 39.0 Å². The molecule has 1 saturated heterocycles. The molecule has 2 aliphatic rings. The molecule has 4 rings (SSSR count). The number of carbonyl (C=O) groups excluding carboxylic acids is 1. The molecule has 1 aromatic carbocycles. The van der Waals surface area contributed by atoms with E-state index < -0.39 is 5.60 Å². The molecule has 0 bridgehead atoms. The number of fused-ring (bicyclic) bond motifs is 1. The minimum atomic E-state index is -0.479. The summed E-state index contributed by atoms with van der Waals surface area (Å²) in [4.78, 5) is 18.5. The molecule has 3 heterocycles. The third-order valence-corrected chi connectivity index (χ3v) is 5.55. The molecule has 30 heavy (non-hydrogen) atoms. The number of amides is 1. The molecule has 1 aromatic heterocycles. The largest absolute Gasteiger partial charge is 0.485 e. The lowest BCUT2D eigenvalue weighted by molar-refractivity contribution is 0.0203. The highest BCUT2D eigenvalue weighted by Crippen LogP contribution is 2.44. The van der Waals surface area contributed by atoms with Crippen molar-refractivity contribution >= 4 is 17.7 Å². The summed E-state index contributed by atoms with van der Waals surface area (Å²) in [5.41, 5.74) is 1.45. The lowest BCUT2D eigenvalue weighted by Crippen LogP contribution is -2.41. The Balaban J connectivity index is 1.43. The number of ether oxygens (including phenoxy) is 3. The van der Waals surface area contributed by atoms with Gasteiger partial charge in [-0.2, -0.15) is 0 Å². The van der Waals surface area contributed by atoms with Gasteiger partial charge < -0.3 is 19.1 Å². The Labute approximate surface area is 182 Å². The van der Waals surface area contributed by atoms with Gasteiger partial charge >= 0.3 is 6.09 Å². The van der Waals surface area contributed by atoms with E-state index in [0.29, 0.717) is 30.6 Å². The molecule has 0 unspecified atom stereocenters. The van der Waals surface area contributed by atoms with Crippen LogP contribution in [0.2, 0.25) is 5.02 Å². The minimum absolute atomic E-state index is 0.242. The van der Waals surface area contributed by atoms with E-state index in [1.165, 1.54) is 0 Å². The number of halogens is 1. The minimum Gasteiger partial charge on any atom is -0.485 e. The van der Waals surface area contributed by atoms with Gasteiger partial charge in [0.15, 0.2) is 17.6 Å². The number of para-hydroxylation sites is 1. The number of aromatic nitrogens is 1. The first-order chi connectivity index (χ1) is 14.3. The number of carbonyl (C=O) groups is 1. The van der Waals surface area contributed by atoms with Crippen LogP contribution in [0.3, 0.4) is 0 Å². The van der Waals surface area contributed by atoms with Crippen molar-refractivity contribution in [3.63, 3.8) is 0 Å². The smallest absolute Gasteiger partial charge is 0.410 e. The second-order valence-corrected chi connectivity index (χ2v) is 9.17. The van der Waals surface area contributed by atoms with Crippen molar-refractivity contribution in [2.75, 3.05) is 19.7 Å². The average Bonchev–Trinajstić information content (AvgIpc) is 2.72. The number of benzene rings is 1. The molecule has 160 valence electrons. The summed E-state index contributed by atoms with van der Waals surface area (Å²) >= 11 is 5.93. The molecule has 0 spiro atoms. The van der Waals surface area contributed by atoms with Crippen molar-refractivity contribution in [1.82, 2.24) is 9.88 Å². The molecule has 0 saturated carbocycles. The quantitative estimate of drug-likeness (QED) is 0.641. The van der Waals surface area contributed by atoms with Crippen molar-refractivity contribution in [3.05, 3.63) is 52.8 Å². The fourth-order valence-electron chi connectivity index (χ4n) is 3.87. The van der Waals surface area contributed by atoms with Crippen LogP contribution >= 0.6 is 11.6 Å². The summed E-state index contributed by atoms with van der Waals surface area (Å²) in [6, 6.07) is 9.68. The number of piperidine rings is 1. The summed E-state index contributed by atoms with van der Waals surface area (Å²) in [5, 5.41) is 0.593. The van der Waals surface area contributed by atoms with Crippen LogP contribution in [-0.4, -0.2) is 41.3 Å². The summed E-state index contributed by atoms with van der Waals surface area (Å²) < 4.78 is 17.8. The maximum absolute atomic E-state index is 12.3. The van der Waals surface area contributed by atoms with E-state index in [0.717, 1.165) is 35.6 Å².